The first kappa shape index (κ1) is 10.7. The highest BCUT2D eigenvalue weighted by Crippen LogP contribution is 2.08. The summed E-state index contributed by atoms with van der Waals surface area (Å²) in [4.78, 5) is 11.5. The molecule has 0 fully saturated rings. The molecule has 0 aliphatic carbocycles. The standard InChI is InChI=1S/C9H15N3O2/c1-3-6(2)8(10)9(13)11-7-4-5-14-12-7/h4-6,8H,3,10H2,1-2H3,(H,11,12,13)/t6?,8-/m0/s1. The number of carbonyl (C=O) groups excluding carboxylic acids is 1. The van der Waals surface area contributed by atoms with E-state index < -0.39 is 6.04 Å². The lowest BCUT2D eigenvalue weighted by atomic mass is 9.99. The van der Waals surface area contributed by atoms with Gasteiger partial charge < -0.3 is 15.6 Å². The van der Waals surface area contributed by atoms with Crippen molar-refractivity contribution in [2.45, 2.75) is 26.3 Å². The van der Waals surface area contributed by atoms with Crippen molar-refractivity contribution in [1.82, 2.24) is 5.16 Å². The molecule has 1 aromatic heterocycles. The summed E-state index contributed by atoms with van der Waals surface area (Å²) in [5.41, 5.74) is 5.72. The van der Waals surface area contributed by atoms with Gasteiger partial charge in [0.15, 0.2) is 5.82 Å². The van der Waals surface area contributed by atoms with Gasteiger partial charge in [0.05, 0.1) is 6.04 Å². The summed E-state index contributed by atoms with van der Waals surface area (Å²) in [5.74, 6) is 0.323. The van der Waals surface area contributed by atoms with E-state index in [2.05, 4.69) is 15.0 Å². The van der Waals surface area contributed by atoms with Crippen molar-refractivity contribution in [3.8, 4) is 0 Å². The van der Waals surface area contributed by atoms with Gasteiger partial charge in [0.2, 0.25) is 5.91 Å². The van der Waals surface area contributed by atoms with Crippen LogP contribution in [-0.4, -0.2) is 17.1 Å². The minimum absolute atomic E-state index is 0.155. The number of anilines is 1. The predicted octanol–water partition coefficient (Wildman–Crippen LogP) is 0.987. The van der Waals surface area contributed by atoms with E-state index in [9.17, 15) is 4.79 Å². The highest BCUT2D eigenvalue weighted by atomic mass is 16.5. The molecule has 1 amide bonds. The number of hydrogen-bond acceptors (Lipinski definition) is 4. The fourth-order valence-corrected chi connectivity index (χ4v) is 0.999. The van der Waals surface area contributed by atoms with Crippen molar-refractivity contribution in [3.63, 3.8) is 0 Å². The first-order chi connectivity index (χ1) is 6.65. The Morgan fingerprint density at radius 3 is 3.00 bits per heavy atom. The average molecular weight is 197 g/mol. The van der Waals surface area contributed by atoms with E-state index >= 15 is 0 Å². The van der Waals surface area contributed by atoms with Crippen LogP contribution in [0.1, 0.15) is 20.3 Å². The van der Waals surface area contributed by atoms with Crippen molar-refractivity contribution >= 4 is 11.7 Å². The molecule has 1 unspecified atom stereocenters. The summed E-state index contributed by atoms with van der Waals surface area (Å²) in [7, 11) is 0. The molecule has 0 aromatic carbocycles. The third-order valence-electron chi connectivity index (χ3n) is 2.25. The molecule has 2 atom stereocenters. The van der Waals surface area contributed by atoms with Crippen LogP contribution >= 0.6 is 0 Å². The van der Waals surface area contributed by atoms with Gasteiger partial charge in [-0.15, -0.1) is 0 Å². The molecule has 0 saturated heterocycles. The summed E-state index contributed by atoms with van der Waals surface area (Å²) in [6.07, 6.45) is 2.26. The maximum absolute atomic E-state index is 11.5. The summed E-state index contributed by atoms with van der Waals surface area (Å²) >= 11 is 0. The van der Waals surface area contributed by atoms with Crippen LogP contribution in [0.3, 0.4) is 0 Å². The van der Waals surface area contributed by atoms with Crippen LogP contribution in [0.5, 0.6) is 0 Å². The monoisotopic (exact) mass is 197 g/mol. The van der Waals surface area contributed by atoms with Crippen LogP contribution in [0.25, 0.3) is 0 Å². The number of nitrogens with one attached hydrogen (secondary N) is 1. The fourth-order valence-electron chi connectivity index (χ4n) is 0.999. The Morgan fingerprint density at radius 1 is 1.79 bits per heavy atom. The molecule has 0 aliphatic rings. The molecule has 0 radical (unpaired) electrons. The van der Waals surface area contributed by atoms with Gasteiger partial charge in [0.25, 0.3) is 0 Å². The molecular weight excluding hydrogens is 182 g/mol. The second-order valence-electron chi connectivity index (χ2n) is 3.29. The molecule has 1 aromatic rings. The molecule has 5 nitrogen and oxygen atoms in total. The zero-order valence-electron chi connectivity index (χ0n) is 8.36. The quantitative estimate of drug-likeness (QED) is 0.754. The molecular formula is C9H15N3O2. The highest BCUT2D eigenvalue weighted by molar-refractivity contribution is 5.93. The second-order valence-corrected chi connectivity index (χ2v) is 3.29. The van der Waals surface area contributed by atoms with Gasteiger partial charge in [-0.2, -0.15) is 0 Å². The molecule has 0 bridgehead atoms. The maximum atomic E-state index is 11.5. The van der Waals surface area contributed by atoms with E-state index in [0.29, 0.717) is 5.82 Å². The molecule has 0 spiro atoms. The fraction of sp³-hybridized carbons (Fsp3) is 0.556. The van der Waals surface area contributed by atoms with Gasteiger partial charge in [-0.05, 0) is 5.92 Å². The van der Waals surface area contributed by atoms with Gasteiger partial charge in [-0.1, -0.05) is 25.4 Å². The van der Waals surface area contributed by atoms with Crippen LogP contribution in [-0.2, 0) is 4.79 Å². The van der Waals surface area contributed by atoms with Crippen LogP contribution < -0.4 is 11.1 Å². The summed E-state index contributed by atoms with van der Waals surface area (Å²) < 4.78 is 4.58. The van der Waals surface area contributed by atoms with E-state index in [1.807, 2.05) is 13.8 Å². The van der Waals surface area contributed by atoms with Gasteiger partial charge in [0, 0.05) is 6.07 Å². The lowest BCUT2D eigenvalue weighted by Gasteiger charge is -2.16. The number of nitrogens with two attached hydrogens (primary N) is 1. The summed E-state index contributed by atoms with van der Waals surface area (Å²) in [5, 5.41) is 6.13. The first-order valence-corrected chi connectivity index (χ1v) is 4.62. The Labute approximate surface area is 82.6 Å². The highest BCUT2D eigenvalue weighted by Gasteiger charge is 2.19. The summed E-state index contributed by atoms with van der Waals surface area (Å²) in [6, 6.07) is 1.07. The molecule has 0 saturated carbocycles. The Morgan fingerprint density at radius 2 is 2.50 bits per heavy atom. The Hall–Kier alpha value is -1.36. The Kier molecular flexibility index (Phi) is 3.64. The van der Waals surface area contributed by atoms with E-state index in [4.69, 9.17) is 5.73 Å². The van der Waals surface area contributed by atoms with Crippen LogP contribution in [0.15, 0.2) is 16.9 Å². The first-order valence-electron chi connectivity index (χ1n) is 4.62. The molecule has 78 valence electrons. The van der Waals surface area contributed by atoms with E-state index in [0.717, 1.165) is 6.42 Å². The lowest BCUT2D eigenvalue weighted by Crippen LogP contribution is -2.40. The maximum Gasteiger partial charge on any atom is 0.242 e. The number of carbonyl (C=O) groups is 1. The molecule has 1 heterocycles. The predicted molar refractivity (Wildman–Crippen MR) is 52.6 cm³/mol. The van der Waals surface area contributed by atoms with E-state index in [1.165, 1.54) is 6.26 Å². The molecule has 14 heavy (non-hydrogen) atoms. The second kappa shape index (κ2) is 4.76. The van der Waals surface area contributed by atoms with Crippen LogP contribution in [0, 0.1) is 5.92 Å². The van der Waals surface area contributed by atoms with Crippen LogP contribution in [0.4, 0.5) is 5.82 Å². The summed E-state index contributed by atoms with van der Waals surface area (Å²) in [6.45, 7) is 3.93. The molecule has 0 aliphatic heterocycles. The van der Waals surface area contributed by atoms with Crippen molar-refractivity contribution in [2.24, 2.45) is 11.7 Å². The SMILES string of the molecule is CCC(C)[C@H](N)C(=O)Nc1ccon1. The van der Waals surface area contributed by atoms with Crippen LogP contribution in [0.2, 0.25) is 0 Å². The van der Waals surface area contributed by atoms with Gasteiger partial charge in [0.1, 0.15) is 6.26 Å². The zero-order valence-corrected chi connectivity index (χ0v) is 8.36. The largest absolute Gasteiger partial charge is 0.363 e. The van der Waals surface area contributed by atoms with Crippen molar-refractivity contribution < 1.29 is 9.32 Å². The van der Waals surface area contributed by atoms with Gasteiger partial charge >= 0.3 is 0 Å². The Bertz CT molecular complexity index is 284. The zero-order chi connectivity index (χ0) is 10.6. The van der Waals surface area contributed by atoms with Crippen molar-refractivity contribution in [1.29, 1.82) is 0 Å². The number of aromatic nitrogens is 1. The third kappa shape index (κ3) is 2.56. The number of amides is 1. The number of rotatable bonds is 4. The average Bonchev–Trinajstić information content (AvgIpc) is 2.68. The van der Waals surface area contributed by atoms with Crippen molar-refractivity contribution in [3.05, 3.63) is 12.3 Å². The lowest BCUT2D eigenvalue weighted by molar-refractivity contribution is -0.118. The molecule has 1 rings (SSSR count). The number of nitrogens with zero attached hydrogens (tertiary/aromatic N) is 1. The van der Waals surface area contributed by atoms with Gasteiger partial charge in [-0.25, -0.2) is 0 Å². The minimum atomic E-state index is -0.503. The van der Waals surface area contributed by atoms with Crippen molar-refractivity contribution in [2.75, 3.05) is 5.32 Å². The normalized spacial score (nSPS) is 14.8. The van der Waals surface area contributed by atoms with Gasteiger partial charge in [-0.3, -0.25) is 4.79 Å². The Balaban J connectivity index is 2.50. The topological polar surface area (TPSA) is 81.2 Å². The molecule has 3 N–H and O–H groups in total. The third-order valence-corrected chi connectivity index (χ3v) is 2.25. The minimum Gasteiger partial charge on any atom is -0.363 e. The number of hydrogen-bond donors (Lipinski definition) is 2. The van der Waals surface area contributed by atoms with E-state index in [-0.39, 0.29) is 11.8 Å². The molecule has 5 heteroatoms. The van der Waals surface area contributed by atoms with E-state index in [1.54, 1.807) is 6.07 Å². The smallest absolute Gasteiger partial charge is 0.242 e.